The summed E-state index contributed by atoms with van der Waals surface area (Å²) >= 11 is 0. The van der Waals surface area contributed by atoms with Gasteiger partial charge in [0.25, 0.3) is 5.56 Å². The van der Waals surface area contributed by atoms with Crippen LogP contribution in [0.15, 0.2) is 47.3 Å². The normalized spacial score (nSPS) is 23.2. The Balaban J connectivity index is 1.72. The third kappa shape index (κ3) is 4.16. The van der Waals surface area contributed by atoms with E-state index in [-0.39, 0.29) is 24.1 Å². The fourth-order valence-corrected chi connectivity index (χ4v) is 3.50. The fourth-order valence-electron chi connectivity index (χ4n) is 3.50. The SMILES string of the molecule is C[C@H]1[C@H](C)CCC[C@@H]1NC(=O)Cn1nc(-c2ccccc2)ccc1=O. The van der Waals surface area contributed by atoms with Crippen LogP contribution in [-0.2, 0) is 11.3 Å². The lowest BCUT2D eigenvalue weighted by atomic mass is 9.78. The van der Waals surface area contributed by atoms with Gasteiger partial charge in [-0.15, -0.1) is 0 Å². The zero-order valence-corrected chi connectivity index (χ0v) is 14.8. The number of nitrogens with zero attached hydrogens (tertiary/aromatic N) is 2. The van der Waals surface area contributed by atoms with Gasteiger partial charge in [0.15, 0.2) is 0 Å². The summed E-state index contributed by atoms with van der Waals surface area (Å²) in [4.78, 5) is 24.5. The summed E-state index contributed by atoms with van der Waals surface area (Å²) in [7, 11) is 0. The Morgan fingerprint density at radius 3 is 2.68 bits per heavy atom. The molecule has 1 fully saturated rings. The van der Waals surface area contributed by atoms with E-state index in [1.807, 2.05) is 30.3 Å². The van der Waals surface area contributed by atoms with Gasteiger partial charge in [-0.25, -0.2) is 4.68 Å². The van der Waals surface area contributed by atoms with Gasteiger partial charge >= 0.3 is 0 Å². The van der Waals surface area contributed by atoms with E-state index in [4.69, 9.17) is 0 Å². The number of aromatic nitrogens is 2. The third-order valence-electron chi connectivity index (χ3n) is 5.28. The molecule has 1 N–H and O–H groups in total. The van der Waals surface area contributed by atoms with Gasteiger partial charge in [0.1, 0.15) is 6.54 Å². The summed E-state index contributed by atoms with van der Waals surface area (Å²) in [6.45, 7) is 4.38. The Bertz CT molecular complexity index is 785. The molecule has 1 aromatic heterocycles. The van der Waals surface area contributed by atoms with E-state index in [0.717, 1.165) is 18.4 Å². The standard InChI is InChI=1S/C20H25N3O2/c1-14-7-6-10-17(15(14)2)21-19(24)13-23-20(25)12-11-18(22-23)16-8-4-3-5-9-16/h3-5,8-9,11-12,14-15,17H,6-7,10,13H2,1-2H3,(H,21,24)/t14-,15+,17+/m1/s1. The molecule has 132 valence electrons. The van der Waals surface area contributed by atoms with Crippen LogP contribution in [0.4, 0.5) is 0 Å². The second-order valence-electron chi connectivity index (χ2n) is 7.02. The molecule has 0 saturated heterocycles. The van der Waals surface area contributed by atoms with Crippen molar-refractivity contribution in [3.63, 3.8) is 0 Å². The molecule has 3 atom stereocenters. The molecule has 1 aliphatic rings. The van der Waals surface area contributed by atoms with Crippen molar-refractivity contribution in [1.82, 2.24) is 15.1 Å². The minimum atomic E-state index is -0.264. The molecular weight excluding hydrogens is 314 g/mol. The van der Waals surface area contributed by atoms with Crippen LogP contribution in [0.3, 0.4) is 0 Å². The van der Waals surface area contributed by atoms with Crippen LogP contribution >= 0.6 is 0 Å². The lowest BCUT2D eigenvalue weighted by molar-refractivity contribution is -0.123. The summed E-state index contributed by atoms with van der Waals surface area (Å²) in [5, 5.41) is 7.45. The van der Waals surface area contributed by atoms with Crippen molar-refractivity contribution in [2.75, 3.05) is 0 Å². The average Bonchev–Trinajstić information content (AvgIpc) is 2.61. The van der Waals surface area contributed by atoms with Crippen LogP contribution in [-0.4, -0.2) is 21.7 Å². The fraction of sp³-hybridized carbons (Fsp3) is 0.450. The van der Waals surface area contributed by atoms with Crippen molar-refractivity contribution in [2.24, 2.45) is 11.8 Å². The van der Waals surface area contributed by atoms with Crippen molar-refractivity contribution in [3.05, 3.63) is 52.8 Å². The predicted molar refractivity (Wildman–Crippen MR) is 98.0 cm³/mol. The quantitative estimate of drug-likeness (QED) is 0.931. The molecule has 0 unspecified atom stereocenters. The molecule has 5 nitrogen and oxygen atoms in total. The first-order valence-electron chi connectivity index (χ1n) is 8.97. The Labute approximate surface area is 148 Å². The van der Waals surface area contributed by atoms with Gasteiger partial charge < -0.3 is 5.32 Å². The van der Waals surface area contributed by atoms with Gasteiger partial charge in [0.05, 0.1) is 5.69 Å². The van der Waals surface area contributed by atoms with Crippen LogP contribution in [0.5, 0.6) is 0 Å². The highest BCUT2D eigenvalue weighted by molar-refractivity contribution is 5.76. The van der Waals surface area contributed by atoms with Gasteiger partial charge in [-0.3, -0.25) is 9.59 Å². The van der Waals surface area contributed by atoms with E-state index in [1.54, 1.807) is 6.07 Å². The maximum atomic E-state index is 12.4. The topological polar surface area (TPSA) is 64.0 Å². The first-order valence-corrected chi connectivity index (χ1v) is 8.97. The van der Waals surface area contributed by atoms with E-state index in [2.05, 4.69) is 24.3 Å². The van der Waals surface area contributed by atoms with E-state index < -0.39 is 0 Å². The summed E-state index contributed by atoms with van der Waals surface area (Å²) in [5.74, 6) is 0.921. The molecule has 0 radical (unpaired) electrons. The van der Waals surface area contributed by atoms with Crippen LogP contribution in [0, 0.1) is 11.8 Å². The molecule has 1 saturated carbocycles. The lowest BCUT2D eigenvalue weighted by Crippen LogP contribution is -2.45. The number of nitrogens with one attached hydrogen (secondary N) is 1. The molecule has 3 rings (SSSR count). The van der Waals surface area contributed by atoms with Crippen molar-refractivity contribution >= 4 is 5.91 Å². The van der Waals surface area contributed by atoms with Crippen LogP contribution in [0.1, 0.15) is 33.1 Å². The molecule has 1 heterocycles. The van der Waals surface area contributed by atoms with Gasteiger partial charge in [-0.05, 0) is 24.3 Å². The molecule has 1 aliphatic carbocycles. The molecule has 1 aromatic carbocycles. The highest BCUT2D eigenvalue weighted by atomic mass is 16.2. The van der Waals surface area contributed by atoms with Gasteiger partial charge in [0, 0.05) is 17.7 Å². The number of amides is 1. The molecule has 0 aliphatic heterocycles. The monoisotopic (exact) mass is 339 g/mol. The van der Waals surface area contributed by atoms with E-state index in [9.17, 15) is 9.59 Å². The molecule has 25 heavy (non-hydrogen) atoms. The van der Waals surface area contributed by atoms with Crippen molar-refractivity contribution in [2.45, 2.75) is 45.7 Å². The van der Waals surface area contributed by atoms with Gasteiger partial charge in [-0.1, -0.05) is 57.0 Å². The lowest BCUT2D eigenvalue weighted by Gasteiger charge is -2.34. The van der Waals surface area contributed by atoms with Crippen LogP contribution in [0.25, 0.3) is 11.3 Å². The third-order valence-corrected chi connectivity index (χ3v) is 5.28. The number of carbonyl (C=O) groups is 1. The van der Waals surface area contributed by atoms with E-state index in [0.29, 0.717) is 17.5 Å². The second kappa shape index (κ2) is 7.64. The largest absolute Gasteiger partial charge is 0.351 e. The first-order chi connectivity index (χ1) is 12.0. The Morgan fingerprint density at radius 1 is 1.16 bits per heavy atom. The summed E-state index contributed by atoms with van der Waals surface area (Å²) in [6.07, 6.45) is 3.36. The zero-order valence-electron chi connectivity index (χ0n) is 14.8. The number of benzene rings is 1. The van der Waals surface area contributed by atoms with Gasteiger partial charge in [-0.2, -0.15) is 5.10 Å². The predicted octanol–water partition coefficient (Wildman–Crippen LogP) is 2.85. The number of hydrogen-bond acceptors (Lipinski definition) is 3. The molecule has 2 aromatic rings. The second-order valence-corrected chi connectivity index (χ2v) is 7.02. The van der Waals surface area contributed by atoms with Crippen LogP contribution in [0.2, 0.25) is 0 Å². The molecule has 0 bridgehead atoms. The first kappa shape index (κ1) is 17.4. The Morgan fingerprint density at radius 2 is 1.92 bits per heavy atom. The minimum Gasteiger partial charge on any atom is -0.351 e. The molecule has 5 heteroatoms. The number of carbonyl (C=O) groups excluding carboxylic acids is 1. The zero-order chi connectivity index (χ0) is 17.8. The average molecular weight is 339 g/mol. The summed E-state index contributed by atoms with van der Waals surface area (Å²) in [6, 6.07) is 13.0. The Hall–Kier alpha value is -2.43. The summed E-state index contributed by atoms with van der Waals surface area (Å²) in [5.41, 5.74) is 1.35. The van der Waals surface area contributed by atoms with E-state index in [1.165, 1.54) is 17.2 Å². The molecular formula is C20H25N3O2. The van der Waals surface area contributed by atoms with Crippen molar-refractivity contribution in [1.29, 1.82) is 0 Å². The highest BCUT2D eigenvalue weighted by Gasteiger charge is 2.28. The van der Waals surface area contributed by atoms with Crippen molar-refractivity contribution < 1.29 is 4.79 Å². The van der Waals surface area contributed by atoms with Gasteiger partial charge in [0.2, 0.25) is 5.91 Å². The minimum absolute atomic E-state index is 0.0445. The molecule has 0 spiro atoms. The smallest absolute Gasteiger partial charge is 0.267 e. The van der Waals surface area contributed by atoms with E-state index >= 15 is 0 Å². The van der Waals surface area contributed by atoms with Crippen molar-refractivity contribution in [3.8, 4) is 11.3 Å². The highest BCUT2D eigenvalue weighted by Crippen LogP contribution is 2.29. The molecule has 1 amide bonds. The maximum Gasteiger partial charge on any atom is 0.267 e. The summed E-state index contributed by atoms with van der Waals surface area (Å²) < 4.78 is 1.24. The number of hydrogen-bond donors (Lipinski definition) is 1. The van der Waals surface area contributed by atoms with Crippen LogP contribution < -0.4 is 10.9 Å². The number of rotatable bonds is 4. The Kier molecular flexibility index (Phi) is 5.31. The maximum absolute atomic E-state index is 12.4.